The number of fused-ring (bicyclic) bond motifs is 4. The first-order chi connectivity index (χ1) is 17.2. The minimum Gasteiger partial charge on any atom is -0.486 e. The number of benzene rings is 1. The van der Waals surface area contributed by atoms with Crippen LogP contribution in [-0.4, -0.2) is 63.5 Å². The summed E-state index contributed by atoms with van der Waals surface area (Å²) in [6.45, 7) is 5.02. The number of rotatable bonds is 6. The lowest BCUT2D eigenvalue weighted by molar-refractivity contribution is 0.170. The smallest absolute Gasteiger partial charge is 0.179 e. The van der Waals surface area contributed by atoms with Gasteiger partial charge in [0.05, 0.1) is 34.1 Å². The second-order valence-electron chi connectivity index (χ2n) is 9.31. The summed E-state index contributed by atoms with van der Waals surface area (Å²) < 4.78 is 13.1. The lowest BCUT2D eigenvalue weighted by atomic mass is 10.0. The van der Waals surface area contributed by atoms with Gasteiger partial charge >= 0.3 is 0 Å². The molecule has 0 atom stereocenters. The molecule has 0 saturated carbocycles. The molecule has 0 bridgehead atoms. The highest BCUT2D eigenvalue weighted by Crippen LogP contribution is 2.32. The molecule has 5 heterocycles. The van der Waals surface area contributed by atoms with Gasteiger partial charge in [-0.25, -0.2) is 0 Å². The van der Waals surface area contributed by atoms with Crippen LogP contribution in [0.3, 0.4) is 0 Å². The van der Waals surface area contributed by atoms with Crippen LogP contribution in [0.5, 0.6) is 11.5 Å². The molecule has 0 amide bonds. The van der Waals surface area contributed by atoms with Gasteiger partial charge in [0.15, 0.2) is 11.5 Å². The first-order valence-electron chi connectivity index (χ1n) is 12.2. The standard InChI is InChI=1S/C26H29ClN6O2/c1-32-23-3-2-22-26(20(23)14-31-32)19(21(27)15-30-22)6-9-33-7-4-17(5-8-33)28-13-18-12-24-25(16-29-18)35-11-10-34-24/h2-3,12,14-17,28H,4-11,13H2,1H3. The zero-order valence-electron chi connectivity index (χ0n) is 19.8. The Morgan fingerprint density at radius 2 is 1.89 bits per heavy atom. The van der Waals surface area contributed by atoms with E-state index in [0.717, 1.165) is 89.5 Å². The highest BCUT2D eigenvalue weighted by atomic mass is 35.5. The highest BCUT2D eigenvalue weighted by Gasteiger charge is 2.21. The van der Waals surface area contributed by atoms with Gasteiger partial charge in [-0.05, 0) is 50.0 Å². The van der Waals surface area contributed by atoms with Crippen LogP contribution in [0.2, 0.25) is 5.02 Å². The van der Waals surface area contributed by atoms with Crippen LogP contribution in [0.25, 0.3) is 21.8 Å². The summed E-state index contributed by atoms with van der Waals surface area (Å²) in [5.74, 6) is 1.53. The van der Waals surface area contributed by atoms with Gasteiger partial charge in [-0.15, -0.1) is 0 Å². The van der Waals surface area contributed by atoms with Crippen LogP contribution in [0.1, 0.15) is 24.1 Å². The maximum atomic E-state index is 6.65. The summed E-state index contributed by atoms with van der Waals surface area (Å²) in [4.78, 5) is 11.6. The normalized spacial score (nSPS) is 16.9. The number of nitrogens with zero attached hydrogens (tertiary/aromatic N) is 5. The number of likely N-dealkylation sites (tertiary alicyclic amines) is 1. The van der Waals surface area contributed by atoms with Crippen molar-refractivity contribution in [1.82, 2.24) is 30.0 Å². The summed E-state index contributed by atoms with van der Waals surface area (Å²) in [6, 6.07) is 6.61. The van der Waals surface area contributed by atoms with Crippen LogP contribution < -0.4 is 14.8 Å². The quantitative estimate of drug-likeness (QED) is 0.439. The van der Waals surface area contributed by atoms with Gasteiger partial charge in [0.2, 0.25) is 0 Å². The van der Waals surface area contributed by atoms with Gasteiger partial charge in [0.1, 0.15) is 13.2 Å². The van der Waals surface area contributed by atoms with Crippen molar-refractivity contribution in [1.29, 1.82) is 0 Å². The van der Waals surface area contributed by atoms with E-state index in [9.17, 15) is 0 Å². The van der Waals surface area contributed by atoms with Gasteiger partial charge in [-0.1, -0.05) is 11.6 Å². The number of nitrogens with one attached hydrogen (secondary N) is 1. The van der Waals surface area contributed by atoms with E-state index in [4.69, 9.17) is 21.1 Å². The molecule has 3 aromatic heterocycles. The molecule has 2 aliphatic heterocycles. The maximum absolute atomic E-state index is 6.65. The van der Waals surface area contributed by atoms with Crippen molar-refractivity contribution in [2.45, 2.75) is 31.8 Å². The zero-order valence-corrected chi connectivity index (χ0v) is 20.6. The van der Waals surface area contributed by atoms with Crippen molar-refractivity contribution in [3.63, 3.8) is 0 Å². The maximum Gasteiger partial charge on any atom is 0.179 e. The largest absolute Gasteiger partial charge is 0.486 e. The van der Waals surface area contributed by atoms with Crippen molar-refractivity contribution < 1.29 is 9.47 Å². The molecular weight excluding hydrogens is 464 g/mol. The monoisotopic (exact) mass is 492 g/mol. The van der Waals surface area contributed by atoms with Gasteiger partial charge in [-0.2, -0.15) is 5.10 Å². The average molecular weight is 493 g/mol. The first-order valence-corrected chi connectivity index (χ1v) is 12.6. The predicted molar refractivity (Wildman–Crippen MR) is 136 cm³/mol. The number of ether oxygens (including phenoxy) is 2. The molecule has 0 radical (unpaired) electrons. The molecule has 2 aliphatic rings. The number of piperidine rings is 1. The molecule has 1 saturated heterocycles. The fourth-order valence-corrected chi connectivity index (χ4v) is 5.41. The molecule has 0 aliphatic carbocycles. The average Bonchev–Trinajstić information content (AvgIpc) is 3.28. The molecular formula is C26H29ClN6O2. The molecule has 9 heteroatoms. The van der Waals surface area contributed by atoms with E-state index in [0.29, 0.717) is 19.3 Å². The Labute approximate surface area is 209 Å². The Balaban J connectivity index is 1.06. The third-order valence-corrected chi connectivity index (χ3v) is 7.47. The minimum absolute atomic E-state index is 0.488. The number of halogens is 1. The van der Waals surface area contributed by atoms with Crippen LogP contribution >= 0.6 is 11.6 Å². The van der Waals surface area contributed by atoms with Gasteiger partial charge in [0, 0.05) is 49.2 Å². The van der Waals surface area contributed by atoms with Gasteiger partial charge in [-0.3, -0.25) is 14.6 Å². The molecule has 1 fully saturated rings. The minimum atomic E-state index is 0.488. The highest BCUT2D eigenvalue weighted by molar-refractivity contribution is 6.32. The fourth-order valence-electron chi connectivity index (χ4n) is 5.17. The Morgan fingerprint density at radius 3 is 2.74 bits per heavy atom. The number of pyridine rings is 2. The van der Waals surface area contributed by atoms with Crippen molar-refractivity contribution in [2.24, 2.45) is 7.05 Å². The third kappa shape index (κ3) is 4.53. The van der Waals surface area contributed by atoms with Gasteiger partial charge < -0.3 is 19.7 Å². The van der Waals surface area contributed by atoms with E-state index < -0.39 is 0 Å². The molecule has 6 rings (SSSR count). The van der Waals surface area contributed by atoms with E-state index in [2.05, 4.69) is 37.4 Å². The summed E-state index contributed by atoms with van der Waals surface area (Å²) in [5, 5.41) is 11.1. The molecule has 0 spiro atoms. The molecule has 35 heavy (non-hydrogen) atoms. The number of aromatic nitrogens is 4. The fraction of sp³-hybridized carbons (Fsp3) is 0.423. The summed E-state index contributed by atoms with van der Waals surface area (Å²) in [7, 11) is 1.97. The summed E-state index contributed by atoms with van der Waals surface area (Å²) >= 11 is 6.65. The van der Waals surface area contributed by atoms with Crippen molar-refractivity contribution in [3.05, 3.63) is 53.1 Å². The molecule has 4 aromatic rings. The summed E-state index contributed by atoms with van der Waals surface area (Å²) in [6.07, 6.45) is 8.59. The topological polar surface area (TPSA) is 77.3 Å². The molecule has 1 N–H and O–H groups in total. The SMILES string of the molecule is Cn1ncc2c3c(CCN4CCC(NCc5cc6c(cn5)OCCO6)CC4)c(Cl)cnc3ccc21. The van der Waals surface area contributed by atoms with Crippen molar-refractivity contribution in [2.75, 3.05) is 32.8 Å². The molecule has 182 valence electrons. The zero-order chi connectivity index (χ0) is 23.8. The lowest BCUT2D eigenvalue weighted by Gasteiger charge is -2.32. The number of hydrogen-bond donors (Lipinski definition) is 1. The van der Waals surface area contributed by atoms with Crippen molar-refractivity contribution in [3.8, 4) is 11.5 Å². The van der Waals surface area contributed by atoms with Crippen LogP contribution in [0, 0.1) is 0 Å². The summed E-state index contributed by atoms with van der Waals surface area (Å²) in [5.41, 5.74) is 4.22. The van der Waals surface area contributed by atoms with Crippen LogP contribution in [0.4, 0.5) is 0 Å². The van der Waals surface area contributed by atoms with Crippen molar-refractivity contribution >= 4 is 33.4 Å². The first kappa shape index (κ1) is 22.5. The second kappa shape index (κ2) is 9.60. The molecule has 1 aromatic carbocycles. The Bertz CT molecular complexity index is 1370. The van der Waals surface area contributed by atoms with E-state index in [-0.39, 0.29) is 0 Å². The Hall–Kier alpha value is -2.94. The van der Waals surface area contributed by atoms with E-state index in [1.54, 1.807) is 12.4 Å². The number of aryl methyl sites for hydroxylation is 1. The van der Waals surface area contributed by atoms with Crippen LogP contribution in [-0.2, 0) is 20.0 Å². The Kier molecular flexibility index (Phi) is 6.18. The molecule has 0 unspecified atom stereocenters. The van der Waals surface area contributed by atoms with Crippen LogP contribution in [0.15, 0.2) is 36.8 Å². The van der Waals surface area contributed by atoms with E-state index >= 15 is 0 Å². The predicted octanol–water partition coefficient (Wildman–Crippen LogP) is 3.74. The van der Waals surface area contributed by atoms with E-state index in [1.807, 2.05) is 24.0 Å². The third-order valence-electron chi connectivity index (χ3n) is 7.14. The molecule has 8 nitrogen and oxygen atoms in total. The second-order valence-corrected chi connectivity index (χ2v) is 9.72. The van der Waals surface area contributed by atoms with Gasteiger partial charge in [0.25, 0.3) is 0 Å². The van der Waals surface area contributed by atoms with E-state index in [1.165, 1.54) is 5.56 Å². The number of hydrogen-bond acceptors (Lipinski definition) is 7. The lowest BCUT2D eigenvalue weighted by Crippen LogP contribution is -2.43. The Morgan fingerprint density at radius 1 is 1.06 bits per heavy atom.